The summed E-state index contributed by atoms with van der Waals surface area (Å²) in [5.74, 6) is -1.08. The summed E-state index contributed by atoms with van der Waals surface area (Å²) in [5, 5.41) is 9.02. The lowest BCUT2D eigenvalue weighted by atomic mass is 10.2. The highest BCUT2D eigenvalue weighted by atomic mass is 32.2. The molecule has 0 spiro atoms. The van der Waals surface area contributed by atoms with E-state index < -0.39 is 16.0 Å². The number of sulfonamides is 1. The van der Waals surface area contributed by atoms with E-state index in [4.69, 9.17) is 9.84 Å². The Morgan fingerprint density at radius 2 is 2.06 bits per heavy atom. The fraction of sp³-hybridized carbons (Fsp3) is 0.364. The van der Waals surface area contributed by atoms with Gasteiger partial charge in [-0.25, -0.2) is 17.9 Å². The second kappa shape index (κ2) is 5.83. The van der Waals surface area contributed by atoms with Crippen molar-refractivity contribution < 1.29 is 23.1 Å². The van der Waals surface area contributed by atoms with Gasteiger partial charge < -0.3 is 9.84 Å². The molecule has 0 fully saturated rings. The lowest BCUT2D eigenvalue weighted by molar-refractivity contribution is 0.0692. The predicted molar refractivity (Wildman–Crippen MR) is 65.4 cm³/mol. The van der Waals surface area contributed by atoms with Crippen LogP contribution in [0.1, 0.15) is 24.2 Å². The third-order valence-corrected chi connectivity index (χ3v) is 3.67. The van der Waals surface area contributed by atoms with Gasteiger partial charge in [0.25, 0.3) is 0 Å². The summed E-state index contributed by atoms with van der Waals surface area (Å²) in [6.07, 6.45) is 0. The molecule has 0 aromatic heterocycles. The van der Waals surface area contributed by atoms with Crippen molar-refractivity contribution in [3.8, 4) is 5.75 Å². The van der Waals surface area contributed by atoms with Gasteiger partial charge in [-0.3, -0.25) is 0 Å². The van der Waals surface area contributed by atoms with Crippen LogP contribution in [-0.4, -0.2) is 32.6 Å². The van der Waals surface area contributed by atoms with Crippen LogP contribution in [0.5, 0.6) is 5.75 Å². The Bertz CT molecular complexity index is 538. The Balaban J connectivity index is 3.27. The van der Waals surface area contributed by atoms with Crippen molar-refractivity contribution in [1.82, 2.24) is 4.72 Å². The zero-order valence-electron chi connectivity index (χ0n) is 10.1. The van der Waals surface area contributed by atoms with Gasteiger partial charge in [0, 0.05) is 6.54 Å². The summed E-state index contributed by atoms with van der Waals surface area (Å²) in [5.41, 5.74) is -0.171. The van der Waals surface area contributed by atoms with Crippen LogP contribution in [0.15, 0.2) is 23.1 Å². The Kier molecular flexibility index (Phi) is 4.69. The molecule has 0 saturated carbocycles. The average molecular weight is 273 g/mol. The van der Waals surface area contributed by atoms with Gasteiger partial charge in [0.2, 0.25) is 10.0 Å². The van der Waals surface area contributed by atoms with E-state index in [0.29, 0.717) is 6.61 Å². The highest BCUT2D eigenvalue weighted by Gasteiger charge is 2.18. The number of hydrogen-bond acceptors (Lipinski definition) is 4. The summed E-state index contributed by atoms with van der Waals surface area (Å²) >= 11 is 0. The third kappa shape index (κ3) is 3.21. The smallest absolute Gasteiger partial charge is 0.339 e. The number of carbonyl (C=O) groups is 1. The molecule has 0 amide bonds. The average Bonchev–Trinajstić information content (AvgIpc) is 2.29. The van der Waals surface area contributed by atoms with Crippen molar-refractivity contribution >= 4 is 16.0 Å². The summed E-state index contributed by atoms with van der Waals surface area (Å²) < 4.78 is 30.9. The van der Waals surface area contributed by atoms with Gasteiger partial charge >= 0.3 is 5.97 Å². The number of nitrogens with one attached hydrogen (secondary N) is 1. The van der Waals surface area contributed by atoms with E-state index in [1.807, 2.05) is 0 Å². The van der Waals surface area contributed by atoms with Crippen molar-refractivity contribution in [2.45, 2.75) is 18.7 Å². The minimum atomic E-state index is -3.67. The molecule has 7 heteroatoms. The quantitative estimate of drug-likeness (QED) is 0.809. The maximum absolute atomic E-state index is 11.7. The minimum absolute atomic E-state index is 0.0924. The first-order valence-electron chi connectivity index (χ1n) is 5.42. The van der Waals surface area contributed by atoms with Gasteiger partial charge in [0.1, 0.15) is 11.3 Å². The van der Waals surface area contributed by atoms with Crippen LogP contribution < -0.4 is 9.46 Å². The molecule has 0 aliphatic carbocycles. The van der Waals surface area contributed by atoms with Gasteiger partial charge in [-0.05, 0) is 25.1 Å². The third-order valence-electron chi connectivity index (χ3n) is 2.13. The SMILES string of the molecule is CCNS(=O)(=O)c1ccc(OCC)c(C(=O)O)c1. The number of carboxylic acids is 1. The standard InChI is InChI=1S/C11H15NO5S/c1-3-12-18(15,16)8-5-6-10(17-4-2)9(7-8)11(13)14/h5-7,12H,3-4H2,1-2H3,(H,13,14). The van der Waals surface area contributed by atoms with Crippen molar-refractivity contribution in [2.75, 3.05) is 13.2 Å². The second-order valence-electron chi connectivity index (χ2n) is 3.40. The topological polar surface area (TPSA) is 92.7 Å². The molecule has 1 aromatic carbocycles. The van der Waals surface area contributed by atoms with Gasteiger partial charge in [-0.15, -0.1) is 0 Å². The zero-order chi connectivity index (χ0) is 13.8. The summed E-state index contributed by atoms with van der Waals surface area (Å²) in [6, 6.07) is 3.75. The van der Waals surface area contributed by atoms with Crippen LogP contribution in [0.3, 0.4) is 0 Å². The molecule has 1 aromatic rings. The van der Waals surface area contributed by atoms with E-state index in [1.165, 1.54) is 12.1 Å². The number of hydrogen-bond donors (Lipinski definition) is 2. The monoisotopic (exact) mass is 273 g/mol. The molecule has 0 bridgehead atoms. The Labute approximate surface area is 106 Å². The maximum Gasteiger partial charge on any atom is 0.339 e. The predicted octanol–water partition coefficient (Wildman–Crippen LogP) is 1.08. The molecule has 0 unspecified atom stereocenters. The Morgan fingerprint density at radius 1 is 1.39 bits per heavy atom. The normalized spacial score (nSPS) is 11.2. The largest absolute Gasteiger partial charge is 0.493 e. The van der Waals surface area contributed by atoms with Crippen LogP contribution in [0.4, 0.5) is 0 Å². The van der Waals surface area contributed by atoms with Crippen molar-refractivity contribution in [3.05, 3.63) is 23.8 Å². The van der Waals surface area contributed by atoms with Crippen molar-refractivity contribution in [2.24, 2.45) is 0 Å². The van der Waals surface area contributed by atoms with Gasteiger partial charge in [0.15, 0.2) is 0 Å². The second-order valence-corrected chi connectivity index (χ2v) is 5.16. The van der Waals surface area contributed by atoms with Crippen LogP contribution in [0, 0.1) is 0 Å². The first-order chi connectivity index (χ1) is 8.42. The summed E-state index contributed by atoms with van der Waals surface area (Å²) in [4.78, 5) is 10.9. The molecule has 18 heavy (non-hydrogen) atoms. The molecule has 0 heterocycles. The molecular weight excluding hydrogens is 258 g/mol. The lowest BCUT2D eigenvalue weighted by Crippen LogP contribution is -2.23. The minimum Gasteiger partial charge on any atom is -0.493 e. The molecule has 100 valence electrons. The van der Waals surface area contributed by atoms with E-state index in [-0.39, 0.29) is 22.8 Å². The molecule has 1 rings (SSSR count). The first kappa shape index (κ1) is 14.5. The first-order valence-corrected chi connectivity index (χ1v) is 6.90. The summed E-state index contributed by atoms with van der Waals surface area (Å²) in [6.45, 7) is 3.90. The van der Waals surface area contributed by atoms with E-state index in [0.717, 1.165) is 6.07 Å². The lowest BCUT2D eigenvalue weighted by Gasteiger charge is -2.10. The number of benzene rings is 1. The van der Waals surface area contributed by atoms with Crippen LogP contribution in [-0.2, 0) is 10.0 Å². The number of aromatic carboxylic acids is 1. The van der Waals surface area contributed by atoms with Crippen LogP contribution in [0.25, 0.3) is 0 Å². The van der Waals surface area contributed by atoms with Crippen molar-refractivity contribution in [3.63, 3.8) is 0 Å². The molecule has 0 atom stereocenters. The summed E-state index contributed by atoms with van der Waals surface area (Å²) in [7, 11) is -3.67. The highest BCUT2D eigenvalue weighted by molar-refractivity contribution is 7.89. The Hall–Kier alpha value is -1.60. The fourth-order valence-electron chi connectivity index (χ4n) is 1.40. The molecule has 0 radical (unpaired) electrons. The molecule has 2 N–H and O–H groups in total. The van der Waals surface area contributed by atoms with Gasteiger partial charge in [-0.1, -0.05) is 6.92 Å². The molecule has 0 aliphatic rings. The van der Waals surface area contributed by atoms with Gasteiger partial charge in [0.05, 0.1) is 11.5 Å². The zero-order valence-corrected chi connectivity index (χ0v) is 11.0. The highest BCUT2D eigenvalue weighted by Crippen LogP contribution is 2.22. The molecule has 0 saturated heterocycles. The fourth-order valence-corrected chi connectivity index (χ4v) is 2.47. The Morgan fingerprint density at radius 3 is 2.56 bits per heavy atom. The molecule has 0 aliphatic heterocycles. The van der Waals surface area contributed by atoms with Crippen LogP contribution >= 0.6 is 0 Å². The van der Waals surface area contributed by atoms with Gasteiger partial charge in [-0.2, -0.15) is 0 Å². The number of ether oxygens (including phenoxy) is 1. The van der Waals surface area contributed by atoms with E-state index in [2.05, 4.69) is 4.72 Å². The molecular formula is C11H15NO5S. The van der Waals surface area contributed by atoms with Crippen LogP contribution in [0.2, 0.25) is 0 Å². The number of rotatable bonds is 6. The molecule has 6 nitrogen and oxygen atoms in total. The van der Waals surface area contributed by atoms with E-state index in [1.54, 1.807) is 13.8 Å². The van der Waals surface area contributed by atoms with E-state index in [9.17, 15) is 13.2 Å². The maximum atomic E-state index is 11.7. The van der Waals surface area contributed by atoms with Crippen molar-refractivity contribution in [1.29, 1.82) is 0 Å². The van der Waals surface area contributed by atoms with E-state index >= 15 is 0 Å². The number of carboxylic acid groups (broad SMARTS) is 1.